The summed E-state index contributed by atoms with van der Waals surface area (Å²) in [6.07, 6.45) is 0. The molecule has 0 heterocycles. The van der Waals surface area contributed by atoms with Gasteiger partial charge in [0, 0.05) is 5.33 Å². The van der Waals surface area contributed by atoms with Crippen LogP contribution in [0.2, 0.25) is 0 Å². The van der Waals surface area contributed by atoms with E-state index >= 15 is 0 Å². The summed E-state index contributed by atoms with van der Waals surface area (Å²) < 4.78 is 10.8. The molecule has 2 aromatic carbocycles. The minimum atomic E-state index is 0.578. The first-order valence-corrected chi connectivity index (χ1v) is 6.84. The second-order valence-corrected chi connectivity index (χ2v) is 4.48. The van der Waals surface area contributed by atoms with Gasteiger partial charge in [-0.3, -0.25) is 0 Å². The van der Waals surface area contributed by atoms with Gasteiger partial charge < -0.3 is 9.47 Å². The summed E-state index contributed by atoms with van der Waals surface area (Å²) in [5.41, 5.74) is 2.43. The zero-order valence-electron chi connectivity index (χ0n) is 10.2. The average Bonchev–Trinajstić information content (AvgIpc) is 2.46. The molecular formula is C15H15BrO2. The van der Waals surface area contributed by atoms with Gasteiger partial charge in [0.1, 0.15) is 18.1 Å². The molecule has 18 heavy (non-hydrogen) atoms. The molecule has 0 bridgehead atoms. The fraction of sp³-hybridized carbons (Fsp3) is 0.200. The molecule has 2 rings (SSSR count). The highest BCUT2D eigenvalue weighted by atomic mass is 79.9. The van der Waals surface area contributed by atoms with Crippen molar-refractivity contribution >= 4 is 15.9 Å². The zero-order valence-corrected chi connectivity index (χ0v) is 11.8. The Morgan fingerprint density at radius 2 is 1.39 bits per heavy atom. The number of halogens is 1. The number of methoxy groups -OCH3 is 1. The van der Waals surface area contributed by atoms with Crippen LogP contribution in [0.15, 0.2) is 48.5 Å². The van der Waals surface area contributed by atoms with Crippen molar-refractivity contribution in [3.8, 4) is 11.5 Å². The predicted molar refractivity (Wildman–Crippen MR) is 76.4 cm³/mol. The van der Waals surface area contributed by atoms with E-state index in [1.807, 2.05) is 24.3 Å². The molecule has 0 aromatic heterocycles. The number of alkyl halides is 1. The Bertz CT molecular complexity index is 429. The highest BCUT2D eigenvalue weighted by Gasteiger charge is 1.97. The summed E-state index contributed by atoms with van der Waals surface area (Å²) in [5, 5.41) is 0.882. The highest BCUT2D eigenvalue weighted by Crippen LogP contribution is 2.18. The van der Waals surface area contributed by atoms with Crippen molar-refractivity contribution < 1.29 is 9.47 Å². The maximum Gasteiger partial charge on any atom is 0.120 e. The predicted octanol–water partition coefficient (Wildman–Crippen LogP) is 4.17. The lowest BCUT2D eigenvalue weighted by molar-refractivity contribution is 0.305. The van der Waals surface area contributed by atoms with Gasteiger partial charge in [0.25, 0.3) is 0 Å². The molecule has 0 saturated heterocycles. The Hall–Kier alpha value is -1.48. The maximum atomic E-state index is 5.70. The molecule has 0 unspecified atom stereocenters. The smallest absolute Gasteiger partial charge is 0.120 e. The molecule has 94 valence electrons. The summed E-state index contributed by atoms with van der Waals surface area (Å²) in [4.78, 5) is 0. The van der Waals surface area contributed by atoms with Crippen LogP contribution in [0.3, 0.4) is 0 Å². The summed E-state index contributed by atoms with van der Waals surface area (Å²) in [6, 6.07) is 16.0. The summed E-state index contributed by atoms with van der Waals surface area (Å²) in [7, 11) is 1.65. The van der Waals surface area contributed by atoms with Crippen molar-refractivity contribution in [3.63, 3.8) is 0 Å². The average molecular weight is 307 g/mol. The van der Waals surface area contributed by atoms with Crippen LogP contribution in [-0.4, -0.2) is 7.11 Å². The molecule has 0 radical (unpaired) electrons. The van der Waals surface area contributed by atoms with E-state index in [2.05, 4.69) is 40.2 Å². The van der Waals surface area contributed by atoms with Crippen LogP contribution in [0.1, 0.15) is 11.1 Å². The molecular weight excluding hydrogens is 292 g/mol. The largest absolute Gasteiger partial charge is 0.497 e. The third kappa shape index (κ3) is 3.50. The lowest BCUT2D eigenvalue weighted by Gasteiger charge is -2.07. The molecule has 0 atom stereocenters. The van der Waals surface area contributed by atoms with Crippen molar-refractivity contribution in [2.24, 2.45) is 0 Å². The third-order valence-corrected chi connectivity index (χ3v) is 3.29. The number of hydrogen-bond donors (Lipinski definition) is 0. The van der Waals surface area contributed by atoms with Gasteiger partial charge in [-0.05, 0) is 35.4 Å². The van der Waals surface area contributed by atoms with Gasteiger partial charge in [-0.1, -0.05) is 40.2 Å². The number of rotatable bonds is 5. The standard InChI is InChI=1S/C15H15BrO2/c1-17-14-6-8-15(9-7-14)18-11-13-4-2-12(10-16)3-5-13/h2-9H,10-11H2,1H3. The number of hydrogen-bond acceptors (Lipinski definition) is 2. The maximum absolute atomic E-state index is 5.70. The van der Waals surface area contributed by atoms with E-state index in [1.54, 1.807) is 7.11 Å². The number of ether oxygens (including phenoxy) is 2. The topological polar surface area (TPSA) is 18.5 Å². The molecule has 0 saturated carbocycles. The van der Waals surface area contributed by atoms with Gasteiger partial charge in [0.05, 0.1) is 7.11 Å². The van der Waals surface area contributed by atoms with E-state index in [0.717, 1.165) is 22.4 Å². The quantitative estimate of drug-likeness (QED) is 0.772. The van der Waals surface area contributed by atoms with Crippen LogP contribution in [0.5, 0.6) is 11.5 Å². The number of benzene rings is 2. The van der Waals surface area contributed by atoms with E-state index in [-0.39, 0.29) is 0 Å². The Morgan fingerprint density at radius 1 is 0.833 bits per heavy atom. The molecule has 0 spiro atoms. The molecule has 3 heteroatoms. The van der Waals surface area contributed by atoms with Crippen molar-refractivity contribution in [1.29, 1.82) is 0 Å². The second-order valence-electron chi connectivity index (χ2n) is 3.91. The van der Waals surface area contributed by atoms with Gasteiger partial charge in [-0.2, -0.15) is 0 Å². The first-order valence-electron chi connectivity index (χ1n) is 5.72. The Balaban J connectivity index is 1.93. The van der Waals surface area contributed by atoms with Crippen LogP contribution in [0.25, 0.3) is 0 Å². The van der Waals surface area contributed by atoms with Gasteiger partial charge in [-0.25, -0.2) is 0 Å². The van der Waals surface area contributed by atoms with E-state index in [4.69, 9.17) is 9.47 Å². The van der Waals surface area contributed by atoms with E-state index < -0.39 is 0 Å². The Labute approximate surface area is 116 Å². The van der Waals surface area contributed by atoms with Crippen LogP contribution in [0.4, 0.5) is 0 Å². The molecule has 0 aliphatic rings. The molecule has 2 aromatic rings. The Morgan fingerprint density at radius 3 is 1.94 bits per heavy atom. The highest BCUT2D eigenvalue weighted by molar-refractivity contribution is 9.08. The van der Waals surface area contributed by atoms with Gasteiger partial charge >= 0.3 is 0 Å². The SMILES string of the molecule is COc1ccc(OCc2ccc(CBr)cc2)cc1. The second kappa shape index (κ2) is 6.45. The fourth-order valence-corrected chi connectivity index (χ4v) is 1.94. The van der Waals surface area contributed by atoms with Crippen molar-refractivity contribution in [1.82, 2.24) is 0 Å². The zero-order chi connectivity index (χ0) is 12.8. The summed E-state index contributed by atoms with van der Waals surface area (Å²) in [5.74, 6) is 1.68. The van der Waals surface area contributed by atoms with Crippen molar-refractivity contribution in [3.05, 3.63) is 59.7 Å². The van der Waals surface area contributed by atoms with Crippen molar-refractivity contribution in [2.45, 2.75) is 11.9 Å². The molecule has 0 aliphatic heterocycles. The minimum Gasteiger partial charge on any atom is -0.497 e. The monoisotopic (exact) mass is 306 g/mol. The normalized spacial score (nSPS) is 10.1. The fourth-order valence-electron chi connectivity index (χ4n) is 1.56. The minimum absolute atomic E-state index is 0.578. The van der Waals surface area contributed by atoms with Gasteiger partial charge in [0.2, 0.25) is 0 Å². The van der Waals surface area contributed by atoms with Crippen molar-refractivity contribution in [2.75, 3.05) is 7.11 Å². The van der Waals surface area contributed by atoms with E-state index in [1.165, 1.54) is 5.56 Å². The lowest BCUT2D eigenvalue weighted by atomic mass is 10.2. The molecule has 2 nitrogen and oxygen atoms in total. The van der Waals surface area contributed by atoms with Gasteiger partial charge in [-0.15, -0.1) is 0 Å². The van der Waals surface area contributed by atoms with E-state index in [0.29, 0.717) is 6.61 Å². The van der Waals surface area contributed by atoms with Crippen LogP contribution < -0.4 is 9.47 Å². The molecule has 0 amide bonds. The van der Waals surface area contributed by atoms with Gasteiger partial charge in [0.15, 0.2) is 0 Å². The molecule has 0 aliphatic carbocycles. The first-order chi connectivity index (χ1) is 8.81. The van der Waals surface area contributed by atoms with E-state index in [9.17, 15) is 0 Å². The lowest BCUT2D eigenvalue weighted by Crippen LogP contribution is -1.95. The summed E-state index contributed by atoms with van der Waals surface area (Å²) in [6.45, 7) is 0.578. The first kappa shape index (κ1) is 13.0. The van der Waals surface area contributed by atoms with Crippen LogP contribution in [0, 0.1) is 0 Å². The molecule has 0 N–H and O–H groups in total. The van der Waals surface area contributed by atoms with Crippen LogP contribution in [-0.2, 0) is 11.9 Å². The third-order valence-electron chi connectivity index (χ3n) is 2.64. The van der Waals surface area contributed by atoms with Crippen LogP contribution >= 0.6 is 15.9 Å². The summed E-state index contributed by atoms with van der Waals surface area (Å²) >= 11 is 3.43. The Kier molecular flexibility index (Phi) is 4.65. The molecule has 0 fully saturated rings.